The summed E-state index contributed by atoms with van der Waals surface area (Å²) in [6.45, 7) is -0.459. The van der Waals surface area contributed by atoms with Crippen LogP contribution in [0.3, 0.4) is 0 Å². The minimum Gasteiger partial charge on any atom is -0.481 e. The monoisotopic (exact) mass is 467 g/mol. The van der Waals surface area contributed by atoms with E-state index in [9.17, 15) is 29.1 Å². The maximum Gasteiger partial charge on any atom is 0.328 e. The average molecular weight is 467 g/mol. The van der Waals surface area contributed by atoms with Gasteiger partial charge in [0, 0.05) is 12.0 Å². The smallest absolute Gasteiger partial charge is 0.328 e. The van der Waals surface area contributed by atoms with Crippen molar-refractivity contribution < 1.29 is 33.8 Å². The second-order valence-electron chi connectivity index (χ2n) is 7.90. The molecular weight excluding hydrogens is 442 g/mol. The Bertz CT molecular complexity index is 1070. The Labute approximate surface area is 195 Å². The number of aliphatic carboxylic acids is 1. The van der Waals surface area contributed by atoms with E-state index in [0.29, 0.717) is 5.56 Å². The van der Waals surface area contributed by atoms with E-state index < -0.39 is 53.7 Å². The topological polar surface area (TPSA) is 151 Å². The van der Waals surface area contributed by atoms with E-state index in [-0.39, 0.29) is 12.8 Å². The first kappa shape index (κ1) is 24.4. The number of nitrogens with one attached hydrogen (secondary N) is 3. The van der Waals surface area contributed by atoms with Crippen LogP contribution in [0.1, 0.15) is 22.3 Å². The van der Waals surface area contributed by atoms with E-state index in [1.165, 1.54) is 7.11 Å². The van der Waals surface area contributed by atoms with Gasteiger partial charge in [-0.05, 0) is 24.1 Å². The molecule has 2 aromatic carbocycles. The van der Waals surface area contributed by atoms with Gasteiger partial charge in [-0.1, -0.05) is 48.5 Å². The number of amides is 3. The molecule has 0 heterocycles. The normalized spacial score (nSPS) is 19.3. The van der Waals surface area contributed by atoms with Crippen LogP contribution in [0, 0.1) is 5.92 Å². The van der Waals surface area contributed by atoms with Crippen LogP contribution in [0.5, 0.6) is 0 Å². The van der Waals surface area contributed by atoms with E-state index in [1.807, 2.05) is 0 Å². The quantitative estimate of drug-likeness (QED) is 0.366. The molecule has 0 spiro atoms. The minimum absolute atomic E-state index is 0.119. The number of carbonyl (C=O) groups is 5. The summed E-state index contributed by atoms with van der Waals surface area (Å²) in [5, 5.41) is 16.8. The van der Waals surface area contributed by atoms with Crippen molar-refractivity contribution in [1.29, 1.82) is 0 Å². The van der Waals surface area contributed by atoms with Gasteiger partial charge >= 0.3 is 11.9 Å². The fraction of sp³-hybridized carbons (Fsp3) is 0.292. The molecule has 1 aliphatic carbocycles. The molecule has 3 atom stereocenters. The molecule has 1 aliphatic rings. The Kier molecular flexibility index (Phi) is 7.62. The van der Waals surface area contributed by atoms with Crippen LogP contribution >= 0.6 is 0 Å². The van der Waals surface area contributed by atoms with E-state index in [0.717, 1.165) is 5.56 Å². The van der Waals surface area contributed by atoms with E-state index in [2.05, 4.69) is 16.0 Å². The van der Waals surface area contributed by atoms with Crippen LogP contribution in [0.4, 0.5) is 0 Å². The van der Waals surface area contributed by atoms with Gasteiger partial charge in [0.05, 0.1) is 19.6 Å². The first-order valence-electron chi connectivity index (χ1n) is 10.6. The first-order valence-corrected chi connectivity index (χ1v) is 10.6. The third-order valence-corrected chi connectivity index (χ3v) is 5.55. The third kappa shape index (κ3) is 5.77. The number of hydrogen-bond donors (Lipinski definition) is 4. The van der Waals surface area contributed by atoms with Gasteiger partial charge in [0.25, 0.3) is 5.91 Å². The van der Waals surface area contributed by atoms with Crippen molar-refractivity contribution in [1.82, 2.24) is 16.0 Å². The van der Waals surface area contributed by atoms with Gasteiger partial charge in [0.15, 0.2) is 0 Å². The SMILES string of the molecule is COC(=O)[C@H](Cc1ccccc1)NC(=O)[C@@]1(NC(=O)CNC(=O)c2ccccc2)C[C@@H]1C(=O)O. The van der Waals surface area contributed by atoms with Gasteiger partial charge < -0.3 is 25.8 Å². The van der Waals surface area contributed by atoms with Crippen LogP contribution < -0.4 is 16.0 Å². The molecule has 178 valence electrons. The average Bonchev–Trinajstić information content (AvgIpc) is 3.58. The van der Waals surface area contributed by atoms with Gasteiger partial charge in [0.2, 0.25) is 11.8 Å². The van der Waals surface area contributed by atoms with E-state index >= 15 is 0 Å². The summed E-state index contributed by atoms with van der Waals surface area (Å²) in [6.07, 6.45) is -0.0279. The summed E-state index contributed by atoms with van der Waals surface area (Å²) in [5.41, 5.74) is -0.631. The predicted octanol–water partition coefficient (Wildman–Crippen LogP) is 0.276. The molecule has 10 nitrogen and oxygen atoms in total. The molecule has 2 aromatic rings. The Morgan fingerprint density at radius 2 is 1.65 bits per heavy atom. The molecule has 3 amide bonds. The van der Waals surface area contributed by atoms with Crippen molar-refractivity contribution in [3.05, 3.63) is 71.8 Å². The molecule has 0 saturated heterocycles. The highest BCUT2D eigenvalue weighted by atomic mass is 16.5. The van der Waals surface area contributed by atoms with Crippen molar-refractivity contribution in [3.8, 4) is 0 Å². The molecule has 0 radical (unpaired) electrons. The fourth-order valence-electron chi connectivity index (χ4n) is 3.62. The second kappa shape index (κ2) is 10.6. The summed E-state index contributed by atoms with van der Waals surface area (Å²) in [6, 6.07) is 16.0. The Morgan fingerprint density at radius 3 is 2.21 bits per heavy atom. The lowest BCUT2D eigenvalue weighted by Gasteiger charge is -2.23. The van der Waals surface area contributed by atoms with E-state index in [1.54, 1.807) is 60.7 Å². The van der Waals surface area contributed by atoms with Crippen molar-refractivity contribution in [2.24, 2.45) is 5.92 Å². The maximum atomic E-state index is 13.1. The number of rotatable bonds is 10. The number of ether oxygens (including phenoxy) is 1. The van der Waals surface area contributed by atoms with Crippen molar-refractivity contribution in [3.63, 3.8) is 0 Å². The maximum absolute atomic E-state index is 13.1. The van der Waals surface area contributed by atoms with Gasteiger partial charge in [-0.15, -0.1) is 0 Å². The van der Waals surface area contributed by atoms with Crippen LogP contribution in [0.2, 0.25) is 0 Å². The number of esters is 1. The molecule has 0 aliphatic heterocycles. The van der Waals surface area contributed by atoms with Gasteiger partial charge in [-0.25, -0.2) is 4.79 Å². The molecule has 0 aromatic heterocycles. The van der Waals surface area contributed by atoms with Crippen LogP contribution in [-0.4, -0.2) is 60.0 Å². The van der Waals surface area contributed by atoms with E-state index in [4.69, 9.17) is 4.74 Å². The fourth-order valence-corrected chi connectivity index (χ4v) is 3.62. The van der Waals surface area contributed by atoms with Gasteiger partial charge in [-0.3, -0.25) is 19.2 Å². The summed E-state index contributed by atoms with van der Waals surface area (Å²) in [4.78, 5) is 61.6. The molecule has 4 N–H and O–H groups in total. The molecule has 1 saturated carbocycles. The predicted molar refractivity (Wildman–Crippen MR) is 119 cm³/mol. The highest BCUT2D eigenvalue weighted by Crippen LogP contribution is 2.44. The largest absolute Gasteiger partial charge is 0.481 e. The number of carbonyl (C=O) groups excluding carboxylic acids is 4. The minimum atomic E-state index is -1.73. The van der Waals surface area contributed by atoms with Crippen LogP contribution in [0.25, 0.3) is 0 Å². The summed E-state index contributed by atoms with van der Waals surface area (Å²) in [5.74, 6) is -5.18. The molecule has 1 fully saturated rings. The zero-order chi connectivity index (χ0) is 24.7. The van der Waals surface area contributed by atoms with Gasteiger partial charge in [0.1, 0.15) is 11.6 Å². The lowest BCUT2D eigenvalue weighted by atomic mass is 10.0. The van der Waals surface area contributed by atoms with Crippen molar-refractivity contribution >= 4 is 29.7 Å². The lowest BCUT2D eigenvalue weighted by Crippen LogP contribution is -2.57. The number of carboxylic acids is 1. The molecule has 10 heteroatoms. The lowest BCUT2D eigenvalue weighted by molar-refractivity contribution is -0.146. The Hall–Kier alpha value is -4.21. The molecule has 3 rings (SSSR count). The Morgan fingerprint density at radius 1 is 1.03 bits per heavy atom. The number of benzene rings is 2. The highest BCUT2D eigenvalue weighted by Gasteiger charge is 2.65. The zero-order valence-electron chi connectivity index (χ0n) is 18.4. The second-order valence-corrected chi connectivity index (χ2v) is 7.90. The van der Waals surface area contributed by atoms with Crippen molar-refractivity contribution in [2.45, 2.75) is 24.4 Å². The molecular formula is C24H25N3O7. The number of methoxy groups -OCH3 is 1. The Balaban J connectivity index is 1.67. The zero-order valence-corrected chi connectivity index (χ0v) is 18.4. The van der Waals surface area contributed by atoms with Crippen LogP contribution in [-0.2, 0) is 30.3 Å². The summed E-state index contributed by atoms with van der Waals surface area (Å²) < 4.78 is 4.78. The third-order valence-electron chi connectivity index (χ3n) is 5.55. The number of carboxylic acid groups (broad SMARTS) is 1. The van der Waals surface area contributed by atoms with Gasteiger partial charge in [-0.2, -0.15) is 0 Å². The molecule has 0 unspecified atom stereocenters. The molecule has 0 bridgehead atoms. The van der Waals surface area contributed by atoms with Crippen LogP contribution in [0.15, 0.2) is 60.7 Å². The summed E-state index contributed by atoms with van der Waals surface area (Å²) in [7, 11) is 1.18. The molecule has 34 heavy (non-hydrogen) atoms. The van der Waals surface area contributed by atoms with Crippen molar-refractivity contribution in [2.75, 3.05) is 13.7 Å². The highest BCUT2D eigenvalue weighted by molar-refractivity contribution is 6.03. The first-order chi connectivity index (χ1) is 16.3. The standard InChI is InChI=1S/C24H25N3O7/c1-34-22(32)18(12-15-8-4-2-5-9-15)26-23(33)24(13-17(24)21(30)31)27-19(28)14-25-20(29)16-10-6-3-7-11-16/h2-11,17-18H,12-14H2,1H3,(H,25,29)(H,26,33)(H,27,28)(H,30,31)/t17-,18+,24-/m1/s1. The summed E-state index contributed by atoms with van der Waals surface area (Å²) >= 11 is 0. The number of hydrogen-bond acceptors (Lipinski definition) is 6.